The highest BCUT2D eigenvalue weighted by atomic mass is 16.5. The summed E-state index contributed by atoms with van der Waals surface area (Å²) in [6, 6.07) is 4.90. The summed E-state index contributed by atoms with van der Waals surface area (Å²) in [4.78, 5) is 23.4. The van der Waals surface area contributed by atoms with Gasteiger partial charge in [-0.05, 0) is 24.1 Å². The van der Waals surface area contributed by atoms with E-state index in [2.05, 4.69) is 0 Å². The zero-order valence-electron chi connectivity index (χ0n) is 11.3. The largest absolute Gasteiger partial charge is 0.464 e. The number of hydrogen-bond acceptors (Lipinski definition) is 5. The van der Waals surface area contributed by atoms with Gasteiger partial charge in [0, 0.05) is 0 Å². The molecule has 0 fully saturated rings. The highest BCUT2D eigenvalue weighted by molar-refractivity contribution is 5.77. The van der Waals surface area contributed by atoms with Crippen LogP contribution in [0.5, 0.6) is 0 Å². The van der Waals surface area contributed by atoms with Crippen molar-refractivity contribution in [3.05, 3.63) is 34.3 Å². The van der Waals surface area contributed by atoms with Crippen molar-refractivity contribution >= 4 is 17.1 Å². The number of aromatic nitrogens is 1. The quantitative estimate of drug-likeness (QED) is 0.639. The Morgan fingerprint density at radius 2 is 2.25 bits per heavy atom. The molecule has 0 aliphatic heterocycles. The van der Waals surface area contributed by atoms with Crippen LogP contribution in [-0.2, 0) is 22.7 Å². The number of esters is 1. The van der Waals surface area contributed by atoms with E-state index in [9.17, 15) is 9.59 Å². The molecule has 0 aliphatic rings. The third-order valence-corrected chi connectivity index (χ3v) is 2.96. The molecular weight excluding hydrogens is 262 g/mol. The number of carbonyl (C=O) groups excluding carboxylic acids is 1. The van der Waals surface area contributed by atoms with Crippen LogP contribution < -0.4 is 5.76 Å². The second-order valence-electron chi connectivity index (χ2n) is 4.49. The minimum atomic E-state index is -0.609. The van der Waals surface area contributed by atoms with Gasteiger partial charge in [0.1, 0.15) is 6.54 Å². The Labute approximate surface area is 115 Å². The first-order valence-electron chi connectivity index (χ1n) is 6.54. The Morgan fingerprint density at radius 3 is 2.95 bits per heavy atom. The van der Waals surface area contributed by atoms with Gasteiger partial charge in [0.15, 0.2) is 5.58 Å². The smallest absolute Gasteiger partial charge is 0.420 e. The van der Waals surface area contributed by atoms with Crippen molar-refractivity contribution in [2.75, 3.05) is 6.61 Å². The molecule has 0 saturated heterocycles. The predicted octanol–water partition coefficient (Wildman–Crippen LogP) is 1.43. The number of nitrogens with zero attached hydrogens (tertiary/aromatic N) is 1. The summed E-state index contributed by atoms with van der Waals surface area (Å²) in [6.45, 7) is 2.05. The molecule has 1 heterocycles. The standard InChI is InChI=1S/C14H17NO5/c1-2-3-6-19-13(17)8-15-11-5-4-10(9-16)7-12(11)20-14(15)18/h4-5,7,16H,2-3,6,8-9H2,1H3. The predicted molar refractivity (Wildman–Crippen MR) is 72.3 cm³/mol. The highest BCUT2D eigenvalue weighted by Gasteiger charge is 2.13. The molecule has 0 spiro atoms. The van der Waals surface area contributed by atoms with Crippen LogP contribution in [0.4, 0.5) is 0 Å². The SMILES string of the molecule is CCCCOC(=O)Cn1c(=O)oc2cc(CO)ccc21. The number of ether oxygens (including phenoxy) is 1. The normalized spacial score (nSPS) is 10.9. The fourth-order valence-electron chi connectivity index (χ4n) is 1.86. The van der Waals surface area contributed by atoms with Crippen LogP contribution in [0.3, 0.4) is 0 Å². The molecular formula is C14H17NO5. The molecule has 0 amide bonds. The summed E-state index contributed by atoms with van der Waals surface area (Å²) in [5, 5.41) is 9.04. The molecule has 2 rings (SSSR count). The number of rotatable bonds is 6. The van der Waals surface area contributed by atoms with Crippen molar-refractivity contribution in [3.63, 3.8) is 0 Å². The molecule has 1 aromatic carbocycles. The van der Waals surface area contributed by atoms with E-state index in [1.165, 1.54) is 4.57 Å². The molecule has 0 saturated carbocycles. The van der Waals surface area contributed by atoms with E-state index in [4.69, 9.17) is 14.3 Å². The van der Waals surface area contributed by atoms with Gasteiger partial charge in [0.05, 0.1) is 18.7 Å². The average Bonchev–Trinajstić information content (AvgIpc) is 2.74. The summed E-state index contributed by atoms with van der Waals surface area (Å²) in [7, 11) is 0. The Morgan fingerprint density at radius 1 is 1.45 bits per heavy atom. The third-order valence-electron chi connectivity index (χ3n) is 2.96. The van der Waals surface area contributed by atoms with Crippen molar-refractivity contribution in [1.29, 1.82) is 0 Å². The van der Waals surface area contributed by atoms with E-state index >= 15 is 0 Å². The second kappa shape index (κ2) is 6.38. The van der Waals surface area contributed by atoms with Gasteiger partial charge in [-0.3, -0.25) is 9.36 Å². The molecule has 6 nitrogen and oxygen atoms in total. The number of hydrogen-bond donors (Lipinski definition) is 1. The van der Waals surface area contributed by atoms with E-state index < -0.39 is 11.7 Å². The Hall–Kier alpha value is -2.08. The van der Waals surface area contributed by atoms with E-state index in [0.29, 0.717) is 23.3 Å². The monoisotopic (exact) mass is 279 g/mol. The van der Waals surface area contributed by atoms with Gasteiger partial charge in [-0.15, -0.1) is 0 Å². The van der Waals surface area contributed by atoms with Crippen LogP contribution in [0.2, 0.25) is 0 Å². The molecule has 0 bridgehead atoms. The zero-order valence-corrected chi connectivity index (χ0v) is 11.3. The number of carbonyl (C=O) groups is 1. The first kappa shape index (κ1) is 14.3. The molecule has 20 heavy (non-hydrogen) atoms. The van der Waals surface area contributed by atoms with Crippen molar-refractivity contribution < 1.29 is 19.1 Å². The first-order valence-corrected chi connectivity index (χ1v) is 6.54. The molecule has 1 aromatic heterocycles. The number of benzene rings is 1. The van der Waals surface area contributed by atoms with E-state index in [1.807, 2.05) is 6.92 Å². The molecule has 0 atom stereocenters. The number of aliphatic hydroxyl groups is 1. The molecule has 0 unspecified atom stereocenters. The number of fused-ring (bicyclic) bond motifs is 1. The molecule has 6 heteroatoms. The van der Waals surface area contributed by atoms with Crippen molar-refractivity contribution in [1.82, 2.24) is 4.57 Å². The maximum atomic E-state index is 11.7. The minimum absolute atomic E-state index is 0.135. The Bertz CT molecular complexity index is 655. The lowest BCUT2D eigenvalue weighted by atomic mass is 10.2. The van der Waals surface area contributed by atoms with Crippen LogP contribution in [-0.4, -0.2) is 22.2 Å². The van der Waals surface area contributed by atoms with Gasteiger partial charge in [-0.25, -0.2) is 4.79 Å². The molecule has 1 N–H and O–H groups in total. The van der Waals surface area contributed by atoms with Crippen LogP contribution in [0, 0.1) is 0 Å². The summed E-state index contributed by atoms with van der Waals surface area (Å²) >= 11 is 0. The van der Waals surface area contributed by atoms with Crippen molar-refractivity contribution in [2.45, 2.75) is 32.9 Å². The van der Waals surface area contributed by atoms with Gasteiger partial charge in [-0.2, -0.15) is 0 Å². The van der Waals surface area contributed by atoms with Gasteiger partial charge >= 0.3 is 11.7 Å². The Balaban J connectivity index is 2.19. The fourth-order valence-corrected chi connectivity index (χ4v) is 1.86. The molecule has 0 radical (unpaired) electrons. The molecule has 0 aliphatic carbocycles. The van der Waals surface area contributed by atoms with Crippen LogP contribution in [0.1, 0.15) is 25.3 Å². The summed E-state index contributed by atoms with van der Waals surface area (Å²) in [6.07, 6.45) is 1.73. The lowest BCUT2D eigenvalue weighted by Gasteiger charge is -2.04. The maximum absolute atomic E-state index is 11.7. The first-order chi connectivity index (χ1) is 9.65. The number of aliphatic hydroxyl groups excluding tert-OH is 1. The van der Waals surface area contributed by atoms with Crippen LogP contribution in [0.25, 0.3) is 11.1 Å². The van der Waals surface area contributed by atoms with Crippen molar-refractivity contribution in [3.8, 4) is 0 Å². The van der Waals surface area contributed by atoms with Crippen molar-refractivity contribution in [2.24, 2.45) is 0 Å². The van der Waals surface area contributed by atoms with Gasteiger partial charge in [0.2, 0.25) is 0 Å². The molecule has 108 valence electrons. The Kier molecular flexibility index (Phi) is 4.57. The topological polar surface area (TPSA) is 81.7 Å². The number of oxazole rings is 1. The average molecular weight is 279 g/mol. The zero-order chi connectivity index (χ0) is 14.5. The van der Waals surface area contributed by atoms with Gasteiger partial charge < -0.3 is 14.3 Å². The fraction of sp³-hybridized carbons (Fsp3) is 0.429. The summed E-state index contributed by atoms with van der Waals surface area (Å²) in [5.41, 5.74) is 1.51. The second-order valence-corrected chi connectivity index (χ2v) is 4.49. The minimum Gasteiger partial charge on any atom is -0.464 e. The third kappa shape index (κ3) is 3.08. The van der Waals surface area contributed by atoms with E-state index in [0.717, 1.165) is 12.8 Å². The van der Waals surface area contributed by atoms with E-state index in [1.54, 1.807) is 18.2 Å². The summed E-state index contributed by atoms with van der Waals surface area (Å²) < 4.78 is 11.3. The maximum Gasteiger partial charge on any atom is 0.420 e. The van der Waals surface area contributed by atoms with Gasteiger partial charge in [0.25, 0.3) is 0 Å². The highest BCUT2D eigenvalue weighted by Crippen LogP contribution is 2.15. The molecule has 2 aromatic rings. The lowest BCUT2D eigenvalue weighted by molar-refractivity contribution is -0.144. The van der Waals surface area contributed by atoms with Crippen LogP contribution >= 0.6 is 0 Å². The van der Waals surface area contributed by atoms with E-state index in [-0.39, 0.29) is 13.2 Å². The lowest BCUT2D eigenvalue weighted by Crippen LogP contribution is -2.21. The van der Waals surface area contributed by atoms with Crippen LogP contribution in [0.15, 0.2) is 27.4 Å². The summed E-state index contributed by atoms with van der Waals surface area (Å²) in [5.74, 6) is -1.07. The number of unbranched alkanes of at least 4 members (excludes halogenated alkanes) is 1. The van der Waals surface area contributed by atoms with Gasteiger partial charge in [-0.1, -0.05) is 19.4 Å².